The van der Waals surface area contributed by atoms with Crippen LogP contribution >= 0.6 is 0 Å². The number of carbonyl (C=O) groups excluding carboxylic acids is 1. The molecule has 1 fully saturated rings. The van der Waals surface area contributed by atoms with Crippen molar-refractivity contribution in [1.29, 1.82) is 0 Å². The Kier molecular flexibility index (Phi) is 4.04. The van der Waals surface area contributed by atoms with Crippen LogP contribution in [0.1, 0.15) is 18.4 Å². The van der Waals surface area contributed by atoms with Crippen LogP contribution in [0.3, 0.4) is 0 Å². The van der Waals surface area contributed by atoms with E-state index in [9.17, 15) is 9.18 Å². The van der Waals surface area contributed by atoms with Gasteiger partial charge in [0.2, 0.25) is 5.91 Å². The minimum Gasteiger partial charge on any atom is -0.338 e. The third kappa shape index (κ3) is 3.37. The fraction of sp³-hybridized carbons (Fsp3) is 0.385. The third-order valence-corrected chi connectivity index (χ3v) is 2.91. The number of hydrogen-bond donors (Lipinski definition) is 1. The van der Waals surface area contributed by atoms with Crippen LogP contribution in [0.4, 0.5) is 4.39 Å². The van der Waals surface area contributed by atoms with E-state index in [1.165, 1.54) is 18.3 Å². The second-order valence-corrected chi connectivity index (χ2v) is 4.46. The first-order chi connectivity index (χ1) is 8.65. The molecule has 0 aromatic carbocycles. The lowest BCUT2D eigenvalue weighted by Crippen LogP contribution is -2.45. The largest absolute Gasteiger partial charge is 0.338 e. The summed E-state index contributed by atoms with van der Waals surface area (Å²) < 4.78 is 12.9. The number of nitrogens with zero attached hydrogens (tertiary/aromatic N) is 2. The maximum atomic E-state index is 12.9. The third-order valence-electron chi connectivity index (χ3n) is 2.91. The number of halogens is 1. The zero-order chi connectivity index (χ0) is 13.0. The van der Waals surface area contributed by atoms with Crippen LogP contribution in [-0.2, 0) is 4.79 Å². The molecule has 4 nitrogen and oxygen atoms in total. The molecule has 1 aromatic heterocycles. The number of amides is 1. The van der Waals surface area contributed by atoms with Gasteiger partial charge in [-0.1, -0.05) is 0 Å². The predicted octanol–water partition coefficient (Wildman–Crippen LogP) is 1.18. The first-order valence-electron chi connectivity index (χ1n) is 5.98. The summed E-state index contributed by atoms with van der Waals surface area (Å²) >= 11 is 0. The Morgan fingerprint density at radius 3 is 3.11 bits per heavy atom. The highest BCUT2D eigenvalue weighted by Crippen LogP contribution is 2.10. The topological polar surface area (TPSA) is 59.2 Å². The van der Waals surface area contributed by atoms with Gasteiger partial charge in [-0.25, -0.2) is 4.39 Å². The molecule has 2 N–H and O–H groups in total. The molecule has 0 aliphatic carbocycles. The second kappa shape index (κ2) is 5.73. The summed E-state index contributed by atoms with van der Waals surface area (Å²) in [6.45, 7) is 1.32. The lowest BCUT2D eigenvalue weighted by atomic mass is 10.1. The summed E-state index contributed by atoms with van der Waals surface area (Å²) in [4.78, 5) is 17.3. The Balaban J connectivity index is 1.98. The molecule has 96 valence electrons. The van der Waals surface area contributed by atoms with Crippen LogP contribution in [0.2, 0.25) is 0 Å². The molecule has 0 saturated carbocycles. The molecule has 1 atom stereocenters. The molecule has 1 aliphatic heterocycles. The number of aromatic nitrogens is 1. The minimum absolute atomic E-state index is 0.0620. The van der Waals surface area contributed by atoms with Crippen LogP contribution in [0.15, 0.2) is 24.5 Å². The van der Waals surface area contributed by atoms with Gasteiger partial charge in [-0.3, -0.25) is 9.78 Å². The fourth-order valence-electron chi connectivity index (χ4n) is 2.00. The Morgan fingerprint density at radius 1 is 1.56 bits per heavy atom. The van der Waals surface area contributed by atoms with Crippen molar-refractivity contribution in [1.82, 2.24) is 9.88 Å². The van der Waals surface area contributed by atoms with E-state index in [1.807, 2.05) is 0 Å². The van der Waals surface area contributed by atoms with Crippen molar-refractivity contribution in [2.75, 3.05) is 13.1 Å². The van der Waals surface area contributed by atoms with Crippen LogP contribution in [0.25, 0.3) is 6.08 Å². The van der Waals surface area contributed by atoms with Crippen LogP contribution in [0, 0.1) is 5.82 Å². The molecule has 1 aromatic rings. The van der Waals surface area contributed by atoms with Gasteiger partial charge in [-0.15, -0.1) is 0 Å². The van der Waals surface area contributed by atoms with Gasteiger partial charge in [0.15, 0.2) is 0 Å². The summed E-state index contributed by atoms with van der Waals surface area (Å²) in [7, 11) is 0. The molecule has 2 rings (SSSR count). The zero-order valence-corrected chi connectivity index (χ0v) is 10.1. The van der Waals surface area contributed by atoms with Gasteiger partial charge in [-0.05, 0) is 30.5 Å². The van der Waals surface area contributed by atoms with Gasteiger partial charge in [0, 0.05) is 31.4 Å². The highest BCUT2D eigenvalue weighted by atomic mass is 19.1. The van der Waals surface area contributed by atoms with Crippen LogP contribution < -0.4 is 5.73 Å². The van der Waals surface area contributed by atoms with Gasteiger partial charge in [0.25, 0.3) is 0 Å². The lowest BCUT2D eigenvalue weighted by Gasteiger charge is -2.29. The Hall–Kier alpha value is -1.75. The first kappa shape index (κ1) is 12.7. The van der Waals surface area contributed by atoms with Gasteiger partial charge in [0.05, 0.1) is 6.20 Å². The molecule has 18 heavy (non-hydrogen) atoms. The van der Waals surface area contributed by atoms with Crippen molar-refractivity contribution >= 4 is 12.0 Å². The van der Waals surface area contributed by atoms with E-state index in [0.717, 1.165) is 25.6 Å². The Morgan fingerprint density at radius 2 is 2.39 bits per heavy atom. The van der Waals surface area contributed by atoms with E-state index in [-0.39, 0.29) is 11.9 Å². The van der Waals surface area contributed by atoms with Crippen molar-refractivity contribution in [3.05, 3.63) is 35.9 Å². The monoisotopic (exact) mass is 249 g/mol. The van der Waals surface area contributed by atoms with E-state index in [0.29, 0.717) is 12.1 Å². The van der Waals surface area contributed by atoms with Gasteiger partial charge in [-0.2, -0.15) is 0 Å². The van der Waals surface area contributed by atoms with Gasteiger partial charge in [0.1, 0.15) is 5.82 Å². The molecule has 0 radical (unpaired) electrons. The summed E-state index contributed by atoms with van der Waals surface area (Å²) in [5.74, 6) is -0.501. The lowest BCUT2D eigenvalue weighted by molar-refractivity contribution is -0.127. The second-order valence-electron chi connectivity index (χ2n) is 4.46. The van der Waals surface area contributed by atoms with Crippen LogP contribution in [-0.4, -0.2) is 34.9 Å². The number of carbonyl (C=O) groups is 1. The SMILES string of the molecule is NC1CCCN(C(=O)C=Cc2cncc(F)c2)C1. The fourth-order valence-corrected chi connectivity index (χ4v) is 2.00. The Labute approximate surface area is 105 Å². The maximum absolute atomic E-state index is 12.9. The molecule has 5 heteroatoms. The molecule has 0 bridgehead atoms. The number of hydrogen-bond acceptors (Lipinski definition) is 3. The molecule has 2 heterocycles. The number of likely N-dealkylation sites (tertiary alicyclic amines) is 1. The summed E-state index contributed by atoms with van der Waals surface area (Å²) in [6, 6.07) is 1.39. The van der Waals surface area contributed by atoms with Crippen molar-refractivity contribution in [2.45, 2.75) is 18.9 Å². The van der Waals surface area contributed by atoms with Crippen LogP contribution in [0.5, 0.6) is 0 Å². The van der Waals surface area contributed by atoms with E-state index in [2.05, 4.69) is 4.98 Å². The van der Waals surface area contributed by atoms with E-state index < -0.39 is 5.82 Å². The highest BCUT2D eigenvalue weighted by Gasteiger charge is 2.19. The number of piperidine rings is 1. The molecule has 1 unspecified atom stereocenters. The quantitative estimate of drug-likeness (QED) is 0.801. The molecular formula is C13H16FN3O. The summed E-state index contributed by atoms with van der Waals surface area (Å²) in [5.41, 5.74) is 6.39. The molecule has 1 aliphatic rings. The summed E-state index contributed by atoms with van der Waals surface area (Å²) in [6.07, 6.45) is 7.54. The van der Waals surface area contributed by atoms with Crippen molar-refractivity contribution in [3.63, 3.8) is 0 Å². The molecule has 0 spiro atoms. The minimum atomic E-state index is -0.412. The Bertz CT molecular complexity index is 461. The van der Waals surface area contributed by atoms with Crippen molar-refractivity contribution < 1.29 is 9.18 Å². The van der Waals surface area contributed by atoms with E-state index in [1.54, 1.807) is 11.0 Å². The molecule has 1 saturated heterocycles. The van der Waals surface area contributed by atoms with Gasteiger partial charge < -0.3 is 10.6 Å². The standard InChI is InChI=1S/C13H16FN3O/c14-11-6-10(7-16-8-11)3-4-13(18)17-5-1-2-12(15)9-17/h3-4,6-8,12H,1-2,5,9,15H2. The van der Waals surface area contributed by atoms with E-state index in [4.69, 9.17) is 5.73 Å². The van der Waals surface area contributed by atoms with Crippen molar-refractivity contribution in [3.8, 4) is 0 Å². The smallest absolute Gasteiger partial charge is 0.246 e. The normalized spacial score (nSPS) is 20.3. The summed E-state index contributed by atoms with van der Waals surface area (Å²) in [5, 5.41) is 0. The molecular weight excluding hydrogens is 233 g/mol. The van der Waals surface area contributed by atoms with Crippen molar-refractivity contribution in [2.24, 2.45) is 5.73 Å². The number of pyridine rings is 1. The maximum Gasteiger partial charge on any atom is 0.246 e. The first-order valence-corrected chi connectivity index (χ1v) is 5.98. The predicted molar refractivity (Wildman–Crippen MR) is 67.0 cm³/mol. The average Bonchev–Trinajstić information content (AvgIpc) is 2.36. The van der Waals surface area contributed by atoms with E-state index >= 15 is 0 Å². The number of rotatable bonds is 2. The highest BCUT2D eigenvalue weighted by molar-refractivity contribution is 5.91. The van der Waals surface area contributed by atoms with Gasteiger partial charge >= 0.3 is 0 Å². The average molecular weight is 249 g/mol. The molecule has 1 amide bonds. The zero-order valence-electron chi connectivity index (χ0n) is 10.1. The number of nitrogens with two attached hydrogens (primary N) is 1.